The number of amides is 2. The summed E-state index contributed by atoms with van der Waals surface area (Å²) >= 11 is 11.7. The van der Waals surface area contributed by atoms with Gasteiger partial charge in [-0.25, -0.2) is 14.8 Å². The number of halogens is 3. The van der Waals surface area contributed by atoms with Gasteiger partial charge < -0.3 is 16.2 Å². The number of aromatic nitrogens is 4. The molecule has 10 nitrogen and oxygen atoms in total. The number of carbonyl (C=O) groups is 2. The van der Waals surface area contributed by atoms with E-state index in [1.54, 1.807) is 12.4 Å². The molecule has 1 saturated heterocycles. The molecule has 1 aromatic carbocycles. The Bertz CT molecular complexity index is 1140. The van der Waals surface area contributed by atoms with Crippen molar-refractivity contribution >= 4 is 47.6 Å². The molecule has 2 amide bonds. The third-order valence-corrected chi connectivity index (χ3v) is 5.89. The molecule has 3 heterocycles. The third-order valence-electron chi connectivity index (χ3n) is 5.28. The molecule has 1 aliphatic rings. The first kappa shape index (κ1) is 29.2. The van der Waals surface area contributed by atoms with Crippen molar-refractivity contribution in [2.24, 2.45) is 5.73 Å². The molecule has 0 aliphatic carbocycles. The lowest BCUT2D eigenvalue weighted by Gasteiger charge is -2.20. The van der Waals surface area contributed by atoms with Crippen molar-refractivity contribution in [3.8, 4) is 0 Å². The first-order valence-corrected chi connectivity index (χ1v) is 11.6. The summed E-state index contributed by atoms with van der Waals surface area (Å²) < 4.78 is 0. The molecule has 13 heteroatoms. The van der Waals surface area contributed by atoms with E-state index in [9.17, 15) is 9.59 Å². The fraction of sp³-hybridized carbons (Fsp3) is 0.304. The van der Waals surface area contributed by atoms with Crippen LogP contribution >= 0.6 is 35.6 Å². The van der Waals surface area contributed by atoms with Crippen LogP contribution in [0.15, 0.2) is 55.1 Å². The number of carboxylic acid groups (broad SMARTS) is 1. The molecule has 4 N–H and O–H groups in total. The summed E-state index contributed by atoms with van der Waals surface area (Å²) in [7, 11) is 0. The third kappa shape index (κ3) is 8.27. The Morgan fingerprint density at radius 3 is 2.33 bits per heavy atom. The van der Waals surface area contributed by atoms with Gasteiger partial charge in [0.25, 0.3) is 0 Å². The van der Waals surface area contributed by atoms with E-state index in [0.29, 0.717) is 42.3 Å². The van der Waals surface area contributed by atoms with Crippen LogP contribution in [0.4, 0.5) is 4.79 Å². The first-order valence-electron chi connectivity index (χ1n) is 10.9. The van der Waals surface area contributed by atoms with Crippen molar-refractivity contribution in [3.63, 3.8) is 0 Å². The summed E-state index contributed by atoms with van der Waals surface area (Å²) in [6, 6.07) is 9.16. The van der Waals surface area contributed by atoms with Crippen LogP contribution in [0.25, 0.3) is 0 Å². The smallest absolute Gasteiger partial charge is 0.407 e. The number of benzene rings is 1. The van der Waals surface area contributed by atoms with Gasteiger partial charge in [0.1, 0.15) is 6.04 Å². The van der Waals surface area contributed by atoms with Crippen molar-refractivity contribution in [1.82, 2.24) is 30.2 Å². The summed E-state index contributed by atoms with van der Waals surface area (Å²) in [5, 5.41) is 12.2. The summed E-state index contributed by atoms with van der Waals surface area (Å²) in [4.78, 5) is 40.0. The van der Waals surface area contributed by atoms with Crippen molar-refractivity contribution in [2.75, 3.05) is 6.54 Å². The molecule has 192 valence electrons. The number of carbonyl (C=O) groups excluding carboxylic acids is 1. The molecular weight excluding hydrogens is 529 g/mol. The van der Waals surface area contributed by atoms with E-state index in [1.165, 1.54) is 12.4 Å². The lowest BCUT2D eigenvalue weighted by atomic mass is 10.0. The summed E-state index contributed by atoms with van der Waals surface area (Å²) in [6.45, 7) is 0.523. The second kappa shape index (κ2) is 14.5. The number of hydrogen-bond donors (Lipinski definition) is 3. The fourth-order valence-corrected chi connectivity index (χ4v) is 3.99. The van der Waals surface area contributed by atoms with Gasteiger partial charge in [0.15, 0.2) is 10.3 Å². The van der Waals surface area contributed by atoms with E-state index < -0.39 is 12.1 Å². The number of nitrogens with zero attached hydrogens (tertiary/aromatic N) is 5. The zero-order chi connectivity index (χ0) is 25.2. The van der Waals surface area contributed by atoms with Crippen molar-refractivity contribution < 1.29 is 14.7 Å². The number of likely N-dealkylation sites (tertiary alicyclic amines) is 1. The molecule has 4 rings (SSSR count). The Morgan fingerprint density at radius 2 is 1.69 bits per heavy atom. The molecule has 2 atom stereocenters. The predicted octanol–water partition coefficient (Wildman–Crippen LogP) is 3.68. The zero-order valence-electron chi connectivity index (χ0n) is 19.1. The van der Waals surface area contributed by atoms with Gasteiger partial charge in [-0.3, -0.25) is 19.7 Å². The van der Waals surface area contributed by atoms with Crippen molar-refractivity contribution in [1.29, 1.82) is 0 Å². The molecule has 36 heavy (non-hydrogen) atoms. The largest absolute Gasteiger partial charge is 0.465 e. The van der Waals surface area contributed by atoms with Crippen LogP contribution in [-0.4, -0.2) is 54.5 Å². The number of hydrogen-bond acceptors (Lipinski definition) is 7. The number of nitrogens with one attached hydrogen (secondary N) is 1. The quantitative estimate of drug-likeness (QED) is 0.418. The normalized spacial score (nSPS) is 15.2. The highest BCUT2D eigenvalue weighted by atomic mass is 35.5. The molecule has 0 bridgehead atoms. The van der Waals surface area contributed by atoms with E-state index >= 15 is 0 Å². The summed E-state index contributed by atoms with van der Waals surface area (Å²) in [5.74, 6) is -0.332. The molecule has 0 saturated carbocycles. The van der Waals surface area contributed by atoms with E-state index in [-0.39, 0.29) is 36.1 Å². The molecule has 1 fully saturated rings. The predicted molar refractivity (Wildman–Crippen MR) is 138 cm³/mol. The van der Waals surface area contributed by atoms with E-state index in [2.05, 4.69) is 25.3 Å². The van der Waals surface area contributed by atoms with Gasteiger partial charge in [0.05, 0.1) is 24.0 Å². The average molecular weight is 555 g/mol. The monoisotopic (exact) mass is 553 g/mol. The summed E-state index contributed by atoms with van der Waals surface area (Å²) in [5.41, 5.74) is 8.31. The standard InChI is InChI=1S/C12H12ClN3.C11H13ClN4O3.ClH/c13-12-11(15-6-7-16-12)10(14)8-9-4-2-1-3-5-9;12-9-7(13-3-4-14-9)6-15-10(17)8-2-1-5-16(8)11(18)19;/h1-7,10H,8,14H2;3-4,8H,1-2,5-6H2,(H,15,17)(H,18,19);1H/t10-;;/m0../s1. The second-order valence-electron chi connectivity index (χ2n) is 7.67. The lowest BCUT2D eigenvalue weighted by molar-refractivity contribution is -0.125. The highest BCUT2D eigenvalue weighted by molar-refractivity contribution is 6.30. The average Bonchev–Trinajstić information content (AvgIpc) is 3.35. The molecule has 0 spiro atoms. The van der Waals surface area contributed by atoms with Crippen LogP contribution in [0.2, 0.25) is 10.3 Å². The number of nitrogens with two attached hydrogens (primary N) is 1. The summed E-state index contributed by atoms with van der Waals surface area (Å²) in [6.07, 6.45) is 6.95. The Kier molecular flexibility index (Phi) is 11.7. The highest BCUT2D eigenvalue weighted by Gasteiger charge is 2.33. The Labute approximate surface area is 224 Å². The van der Waals surface area contributed by atoms with Crippen molar-refractivity contribution in [3.05, 3.63) is 82.4 Å². The Morgan fingerprint density at radius 1 is 1.06 bits per heavy atom. The van der Waals surface area contributed by atoms with Crippen LogP contribution < -0.4 is 11.1 Å². The van der Waals surface area contributed by atoms with Crippen LogP contribution in [0.5, 0.6) is 0 Å². The van der Waals surface area contributed by atoms with Crippen LogP contribution in [0.3, 0.4) is 0 Å². The topological polar surface area (TPSA) is 147 Å². The minimum atomic E-state index is -1.07. The van der Waals surface area contributed by atoms with Gasteiger partial charge >= 0.3 is 6.09 Å². The van der Waals surface area contributed by atoms with Gasteiger partial charge in [0, 0.05) is 31.3 Å². The van der Waals surface area contributed by atoms with Gasteiger partial charge in [-0.1, -0.05) is 53.5 Å². The van der Waals surface area contributed by atoms with Crippen LogP contribution in [0, 0.1) is 0 Å². The van der Waals surface area contributed by atoms with Crippen LogP contribution in [0.1, 0.15) is 35.8 Å². The van der Waals surface area contributed by atoms with Crippen LogP contribution in [-0.2, 0) is 17.8 Å². The number of rotatable bonds is 6. The molecule has 1 unspecified atom stereocenters. The maximum atomic E-state index is 11.9. The lowest BCUT2D eigenvalue weighted by Crippen LogP contribution is -2.45. The minimum absolute atomic E-state index is 0. The maximum Gasteiger partial charge on any atom is 0.407 e. The SMILES string of the molecule is Cl.N[C@@H](Cc1ccccc1)c1nccnc1Cl.O=C(NCc1nccnc1Cl)C1CCCN1C(=O)O. The van der Waals surface area contributed by atoms with Gasteiger partial charge in [-0.15, -0.1) is 12.4 Å². The molecule has 1 aliphatic heterocycles. The van der Waals surface area contributed by atoms with Gasteiger partial charge in [-0.2, -0.15) is 0 Å². The molecular formula is C23H26Cl3N7O3. The van der Waals surface area contributed by atoms with E-state index in [1.807, 2.05) is 30.3 Å². The van der Waals surface area contributed by atoms with Gasteiger partial charge in [0.2, 0.25) is 5.91 Å². The van der Waals surface area contributed by atoms with E-state index in [4.69, 9.17) is 34.0 Å². The van der Waals surface area contributed by atoms with Crippen molar-refractivity contribution in [2.45, 2.75) is 37.9 Å². The molecule has 3 aromatic rings. The first-order chi connectivity index (χ1) is 16.9. The van der Waals surface area contributed by atoms with E-state index in [0.717, 1.165) is 10.5 Å². The highest BCUT2D eigenvalue weighted by Crippen LogP contribution is 2.20. The second-order valence-corrected chi connectivity index (χ2v) is 8.39. The van der Waals surface area contributed by atoms with Gasteiger partial charge in [-0.05, 0) is 24.8 Å². The molecule has 2 aromatic heterocycles. The Balaban J connectivity index is 0.000000250. The zero-order valence-corrected chi connectivity index (χ0v) is 21.5. The Hall–Kier alpha value is -3.05. The molecule has 0 radical (unpaired) electrons. The minimum Gasteiger partial charge on any atom is -0.465 e. The fourth-order valence-electron chi connectivity index (χ4n) is 3.57. The maximum absolute atomic E-state index is 11.9.